The van der Waals surface area contributed by atoms with E-state index in [1.165, 1.54) is 4.90 Å². The number of rotatable bonds is 5. The fourth-order valence-electron chi connectivity index (χ4n) is 2.39. The van der Waals surface area contributed by atoms with Gasteiger partial charge < -0.3 is 19.7 Å². The molecule has 0 spiro atoms. The van der Waals surface area contributed by atoms with Crippen LogP contribution in [0.5, 0.6) is 5.75 Å². The summed E-state index contributed by atoms with van der Waals surface area (Å²) in [6.07, 6.45) is -0.511. The maximum Gasteiger partial charge on any atom is 0.252 e. The minimum Gasteiger partial charge on any atom is -0.497 e. The summed E-state index contributed by atoms with van der Waals surface area (Å²) in [6.45, 7) is 1.71. The van der Waals surface area contributed by atoms with E-state index in [1.807, 2.05) is 17.0 Å². The maximum absolute atomic E-state index is 12.2. The first kappa shape index (κ1) is 17.2. The predicted molar refractivity (Wildman–Crippen MR) is 86.5 cm³/mol. The SMILES string of the molecule is COc1cccc(NC(=O)CN2CCOC(C(=O)N(C)C)C2)c1. The molecule has 2 amide bonds. The third-order valence-corrected chi connectivity index (χ3v) is 3.59. The van der Waals surface area contributed by atoms with Gasteiger partial charge in [-0.05, 0) is 12.1 Å². The van der Waals surface area contributed by atoms with Crippen LogP contribution in [-0.2, 0) is 14.3 Å². The van der Waals surface area contributed by atoms with E-state index in [2.05, 4.69) is 5.32 Å². The van der Waals surface area contributed by atoms with Gasteiger partial charge in [0, 0.05) is 38.9 Å². The van der Waals surface area contributed by atoms with Gasteiger partial charge in [-0.3, -0.25) is 14.5 Å². The number of morpholine rings is 1. The lowest BCUT2D eigenvalue weighted by Crippen LogP contribution is -2.51. The molecule has 0 aliphatic carbocycles. The van der Waals surface area contributed by atoms with Crippen molar-refractivity contribution in [2.24, 2.45) is 0 Å². The molecule has 23 heavy (non-hydrogen) atoms. The van der Waals surface area contributed by atoms with Crippen LogP contribution in [0.25, 0.3) is 0 Å². The Labute approximate surface area is 136 Å². The van der Waals surface area contributed by atoms with Gasteiger partial charge in [0.05, 0.1) is 20.3 Å². The van der Waals surface area contributed by atoms with Crippen molar-refractivity contribution >= 4 is 17.5 Å². The molecule has 1 fully saturated rings. The monoisotopic (exact) mass is 321 g/mol. The van der Waals surface area contributed by atoms with Crippen molar-refractivity contribution in [1.29, 1.82) is 0 Å². The standard InChI is InChI=1S/C16H23N3O4/c1-18(2)16(21)14-10-19(7-8-23-14)11-15(20)17-12-5-4-6-13(9-12)22-3/h4-6,9,14H,7-8,10-11H2,1-3H3,(H,17,20). The second kappa shape index (κ2) is 7.94. The van der Waals surface area contributed by atoms with E-state index in [0.717, 1.165) is 0 Å². The minimum atomic E-state index is -0.511. The molecule has 2 rings (SSSR count). The van der Waals surface area contributed by atoms with Crippen molar-refractivity contribution in [3.63, 3.8) is 0 Å². The Morgan fingerprint density at radius 1 is 1.43 bits per heavy atom. The van der Waals surface area contributed by atoms with Gasteiger partial charge in [-0.15, -0.1) is 0 Å². The lowest BCUT2D eigenvalue weighted by molar-refractivity contribution is -0.147. The molecule has 7 nitrogen and oxygen atoms in total. The number of carbonyl (C=O) groups excluding carboxylic acids is 2. The Kier molecular flexibility index (Phi) is 5.95. The van der Waals surface area contributed by atoms with E-state index in [9.17, 15) is 9.59 Å². The zero-order valence-electron chi connectivity index (χ0n) is 13.7. The fraction of sp³-hybridized carbons (Fsp3) is 0.500. The van der Waals surface area contributed by atoms with Crippen LogP contribution in [0.15, 0.2) is 24.3 Å². The quantitative estimate of drug-likeness (QED) is 0.851. The smallest absolute Gasteiger partial charge is 0.252 e. The summed E-state index contributed by atoms with van der Waals surface area (Å²) in [6, 6.07) is 7.19. The van der Waals surface area contributed by atoms with Crippen molar-refractivity contribution in [3.05, 3.63) is 24.3 Å². The first-order valence-electron chi connectivity index (χ1n) is 7.48. The van der Waals surface area contributed by atoms with Crippen LogP contribution < -0.4 is 10.1 Å². The Hall–Kier alpha value is -2.12. The molecule has 0 saturated carbocycles. The number of hydrogen-bond acceptors (Lipinski definition) is 5. The zero-order chi connectivity index (χ0) is 16.8. The molecule has 1 heterocycles. The van der Waals surface area contributed by atoms with E-state index in [0.29, 0.717) is 31.1 Å². The molecule has 0 aromatic heterocycles. The van der Waals surface area contributed by atoms with Crippen LogP contribution in [0.4, 0.5) is 5.69 Å². The summed E-state index contributed by atoms with van der Waals surface area (Å²) in [5.41, 5.74) is 0.684. The van der Waals surface area contributed by atoms with Crippen molar-refractivity contribution in [3.8, 4) is 5.75 Å². The van der Waals surface area contributed by atoms with Crippen LogP contribution in [0.2, 0.25) is 0 Å². The normalized spacial score (nSPS) is 18.3. The van der Waals surface area contributed by atoms with Gasteiger partial charge in [0.1, 0.15) is 11.9 Å². The molecule has 1 N–H and O–H groups in total. The summed E-state index contributed by atoms with van der Waals surface area (Å²) in [7, 11) is 4.97. The number of amides is 2. The Balaban J connectivity index is 1.88. The highest BCUT2D eigenvalue weighted by molar-refractivity contribution is 5.92. The molecule has 1 aromatic carbocycles. The molecule has 126 valence electrons. The number of nitrogens with one attached hydrogen (secondary N) is 1. The molecule has 0 bridgehead atoms. The summed E-state index contributed by atoms with van der Waals surface area (Å²) in [5, 5.41) is 2.83. The number of likely N-dealkylation sites (N-methyl/N-ethyl adjacent to an activating group) is 1. The van der Waals surface area contributed by atoms with Crippen LogP contribution in [0.1, 0.15) is 0 Å². The predicted octanol–water partition coefficient (Wildman–Crippen LogP) is 0.423. The zero-order valence-corrected chi connectivity index (χ0v) is 13.7. The number of methoxy groups -OCH3 is 1. The second-order valence-corrected chi connectivity index (χ2v) is 5.61. The average Bonchev–Trinajstić information content (AvgIpc) is 2.54. The van der Waals surface area contributed by atoms with Gasteiger partial charge in [-0.1, -0.05) is 6.07 Å². The van der Waals surface area contributed by atoms with Gasteiger partial charge >= 0.3 is 0 Å². The van der Waals surface area contributed by atoms with Gasteiger partial charge in [-0.2, -0.15) is 0 Å². The molecule has 1 aromatic rings. The average molecular weight is 321 g/mol. The Bertz CT molecular complexity index is 562. The molecule has 1 saturated heterocycles. The largest absolute Gasteiger partial charge is 0.497 e. The topological polar surface area (TPSA) is 71.1 Å². The minimum absolute atomic E-state index is 0.0806. The highest BCUT2D eigenvalue weighted by Gasteiger charge is 2.28. The first-order valence-corrected chi connectivity index (χ1v) is 7.48. The van der Waals surface area contributed by atoms with Crippen molar-refractivity contribution in [1.82, 2.24) is 9.80 Å². The number of hydrogen-bond donors (Lipinski definition) is 1. The van der Waals surface area contributed by atoms with E-state index in [4.69, 9.17) is 9.47 Å². The number of ether oxygens (including phenoxy) is 2. The summed E-state index contributed by atoms with van der Waals surface area (Å²) in [4.78, 5) is 27.5. The summed E-state index contributed by atoms with van der Waals surface area (Å²) >= 11 is 0. The highest BCUT2D eigenvalue weighted by atomic mass is 16.5. The van der Waals surface area contributed by atoms with Crippen LogP contribution in [0, 0.1) is 0 Å². The van der Waals surface area contributed by atoms with E-state index < -0.39 is 6.10 Å². The second-order valence-electron chi connectivity index (χ2n) is 5.61. The number of benzene rings is 1. The molecule has 0 radical (unpaired) electrons. The Morgan fingerprint density at radius 2 is 2.22 bits per heavy atom. The first-order chi connectivity index (χ1) is 11.0. The summed E-state index contributed by atoms with van der Waals surface area (Å²) < 4.78 is 10.6. The lowest BCUT2D eigenvalue weighted by Gasteiger charge is -2.32. The van der Waals surface area contributed by atoms with Crippen molar-refractivity contribution < 1.29 is 19.1 Å². The molecular weight excluding hydrogens is 298 g/mol. The summed E-state index contributed by atoms with van der Waals surface area (Å²) in [5.74, 6) is 0.477. The van der Waals surface area contributed by atoms with E-state index >= 15 is 0 Å². The number of nitrogens with zero attached hydrogens (tertiary/aromatic N) is 2. The van der Waals surface area contributed by atoms with Crippen LogP contribution in [0.3, 0.4) is 0 Å². The van der Waals surface area contributed by atoms with E-state index in [1.54, 1.807) is 33.3 Å². The highest BCUT2D eigenvalue weighted by Crippen LogP contribution is 2.16. The maximum atomic E-state index is 12.2. The molecular formula is C16H23N3O4. The molecule has 1 aliphatic heterocycles. The molecule has 1 atom stereocenters. The van der Waals surface area contributed by atoms with Crippen LogP contribution in [-0.4, -0.2) is 75.2 Å². The molecule has 1 unspecified atom stereocenters. The van der Waals surface area contributed by atoms with Gasteiger partial charge in [-0.25, -0.2) is 0 Å². The molecule has 1 aliphatic rings. The number of carbonyl (C=O) groups is 2. The van der Waals surface area contributed by atoms with Gasteiger partial charge in [0.15, 0.2) is 0 Å². The Morgan fingerprint density at radius 3 is 2.91 bits per heavy atom. The fourth-order valence-corrected chi connectivity index (χ4v) is 2.39. The van der Waals surface area contributed by atoms with Gasteiger partial charge in [0.2, 0.25) is 5.91 Å². The van der Waals surface area contributed by atoms with Crippen molar-refractivity contribution in [2.75, 3.05) is 52.8 Å². The van der Waals surface area contributed by atoms with Crippen molar-refractivity contribution in [2.45, 2.75) is 6.10 Å². The van der Waals surface area contributed by atoms with E-state index in [-0.39, 0.29) is 18.4 Å². The lowest BCUT2D eigenvalue weighted by atomic mass is 10.2. The number of anilines is 1. The third-order valence-electron chi connectivity index (χ3n) is 3.59. The third kappa shape index (κ3) is 4.94. The molecule has 7 heteroatoms. The van der Waals surface area contributed by atoms with Crippen LogP contribution >= 0.6 is 0 Å². The van der Waals surface area contributed by atoms with Gasteiger partial charge in [0.25, 0.3) is 5.91 Å².